The zero-order chi connectivity index (χ0) is 7.54. The molecule has 0 radical (unpaired) electrons. The predicted molar refractivity (Wildman–Crippen MR) is 54.2 cm³/mol. The first-order valence-corrected chi connectivity index (χ1v) is 9.16. The monoisotopic (exact) mass is 162 g/mol. The number of hydrogen-bond acceptors (Lipinski definition) is 0. The van der Waals surface area contributed by atoms with Gasteiger partial charge in [0.2, 0.25) is 0 Å². The number of rotatable bonds is 3. The molecule has 0 aliphatic heterocycles. The van der Waals surface area contributed by atoms with Crippen molar-refractivity contribution >= 4 is 19.0 Å². The van der Waals surface area contributed by atoms with Crippen LogP contribution in [-0.4, -0.2) is 19.0 Å². The summed E-state index contributed by atoms with van der Waals surface area (Å²) < 4.78 is 0. The highest BCUT2D eigenvalue weighted by Gasteiger charge is 1.70. The topological polar surface area (TPSA) is 0 Å². The van der Waals surface area contributed by atoms with Gasteiger partial charge >= 0.3 is 0 Å². The molecular weight excluding hydrogens is 140 g/mol. The molecule has 0 N–H and O–H groups in total. The lowest BCUT2D eigenvalue weighted by molar-refractivity contribution is 0.886. The molecule has 0 saturated carbocycles. The Morgan fingerprint density at radius 1 is 0.889 bits per heavy atom. The van der Waals surface area contributed by atoms with Crippen LogP contribution in [0.4, 0.5) is 0 Å². The molecule has 0 fully saturated rings. The van der Waals surface area contributed by atoms with Gasteiger partial charge in [-0.3, -0.25) is 0 Å². The molecule has 0 saturated heterocycles. The van der Waals surface area contributed by atoms with E-state index < -0.39 is 0 Å². The molecule has 0 heterocycles. The summed E-state index contributed by atoms with van der Waals surface area (Å²) in [6.07, 6.45) is 2.64. The largest absolute Gasteiger partial charge is 0.0751 e. The third kappa shape index (κ3) is 29.6. The van der Waals surface area contributed by atoms with E-state index in [1.54, 1.807) is 5.67 Å². The van der Waals surface area contributed by atoms with Crippen molar-refractivity contribution in [3.8, 4) is 0 Å². The van der Waals surface area contributed by atoms with Gasteiger partial charge in [-0.25, -0.2) is 0 Å². The smallest absolute Gasteiger partial charge is 0.0135 e. The summed E-state index contributed by atoms with van der Waals surface area (Å²) in [7, 11) is 0.951. The maximum absolute atomic E-state index is 2.39. The van der Waals surface area contributed by atoms with E-state index in [0.717, 1.165) is 0 Å². The minimum absolute atomic E-state index is 0.476. The van der Waals surface area contributed by atoms with Crippen LogP contribution in [0, 0.1) is 0 Å². The first-order valence-electron chi connectivity index (χ1n) is 4.33. The molecule has 0 aromatic carbocycles. The van der Waals surface area contributed by atoms with Crippen molar-refractivity contribution in [2.45, 2.75) is 45.5 Å². The van der Waals surface area contributed by atoms with Gasteiger partial charge in [0.15, 0.2) is 0 Å². The Bertz CT molecular complexity index is 26.1. The second-order valence-electron chi connectivity index (χ2n) is 2.35. The minimum atomic E-state index is 0.476. The van der Waals surface area contributed by atoms with Crippen LogP contribution in [0.25, 0.3) is 0 Å². The standard InChI is InChI=1S/C4H10.C3H12Si2/c1-3-4-2;1-4-3-5-2/h3-4H2,1-2H3;3-5H2,1-2H3. The van der Waals surface area contributed by atoms with Crippen LogP contribution in [0.3, 0.4) is 0 Å². The highest BCUT2D eigenvalue weighted by molar-refractivity contribution is 6.54. The van der Waals surface area contributed by atoms with Gasteiger partial charge in [-0.15, -0.1) is 0 Å². The second-order valence-corrected chi connectivity index (χ2v) is 7.18. The lowest BCUT2D eigenvalue weighted by Gasteiger charge is -1.76. The van der Waals surface area contributed by atoms with Crippen molar-refractivity contribution in [1.82, 2.24) is 0 Å². The predicted octanol–water partition coefficient (Wildman–Crippen LogP) is 1.60. The molecule has 0 aliphatic rings. The Kier molecular flexibility index (Phi) is 21.3. The van der Waals surface area contributed by atoms with E-state index in [-0.39, 0.29) is 0 Å². The number of unbranched alkanes of at least 4 members (excludes halogenated alkanes) is 1. The average Bonchev–Trinajstić information content (AvgIpc) is 1.91. The van der Waals surface area contributed by atoms with Gasteiger partial charge in [0.1, 0.15) is 0 Å². The summed E-state index contributed by atoms with van der Waals surface area (Å²) in [4.78, 5) is 0. The van der Waals surface area contributed by atoms with E-state index in [0.29, 0.717) is 19.0 Å². The Hall–Kier alpha value is 0.434. The van der Waals surface area contributed by atoms with Crippen molar-refractivity contribution in [2.24, 2.45) is 0 Å². The van der Waals surface area contributed by atoms with Gasteiger partial charge in [0, 0.05) is 19.0 Å². The first-order chi connectivity index (χ1) is 4.33. The summed E-state index contributed by atoms with van der Waals surface area (Å²) in [5.41, 5.74) is 1.67. The summed E-state index contributed by atoms with van der Waals surface area (Å²) >= 11 is 0. The highest BCUT2D eigenvalue weighted by atomic mass is 28.3. The molecule has 0 aromatic rings. The third-order valence-electron chi connectivity index (χ3n) is 1.21. The highest BCUT2D eigenvalue weighted by Crippen LogP contribution is 1.76. The zero-order valence-corrected chi connectivity index (χ0v) is 10.4. The second kappa shape index (κ2) is 15.8. The normalized spacial score (nSPS) is 10.7. The van der Waals surface area contributed by atoms with E-state index in [1.165, 1.54) is 12.8 Å². The Morgan fingerprint density at radius 2 is 1.22 bits per heavy atom. The minimum Gasteiger partial charge on any atom is -0.0751 e. The zero-order valence-electron chi connectivity index (χ0n) is 7.54. The number of hydrogen-bond donors (Lipinski definition) is 0. The van der Waals surface area contributed by atoms with Gasteiger partial charge in [0.05, 0.1) is 0 Å². The van der Waals surface area contributed by atoms with Crippen LogP contribution in [0.2, 0.25) is 18.8 Å². The Labute approximate surface area is 65.1 Å². The molecule has 0 rings (SSSR count). The van der Waals surface area contributed by atoms with Gasteiger partial charge in [-0.2, -0.15) is 0 Å². The fourth-order valence-corrected chi connectivity index (χ4v) is 3.18. The molecule has 0 unspecified atom stereocenters. The lowest BCUT2D eigenvalue weighted by atomic mass is 10.4. The SMILES string of the molecule is CCCC.C[SiH2]C[SiH2]C. The summed E-state index contributed by atoms with van der Waals surface area (Å²) in [5.74, 6) is 0. The lowest BCUT2D eigenvalue weighted by Crippen LogP contribution is -1.84. The van der Waals surface area contributed by atoms with Crippen molar-refractivity contribution in [1.29, 1.82) is 0 Å². The molecule has 0 aliphatic carbocycles. The molecule has 0 aromatic heterocycles. The van der Waals surface area contributed by atoms with E-state index in [9.17, 15) is 0 Å². The van der Waals surface area contributed by atoms with Crippen LogP contribution in [0.1, 0.15) is 26.7 Å². The molecular formula is C7H22Si2. The van der Waals surface area contributed by atoms with Crippen molar-refractivity contribution in [3.63, 3.8) is 0 Å². The molecule has 0 spiro atoms. The maximum atomic E-state index is 2.39. The van der Waals surface area contributed by atoms with Gasteiger partial charge in [0.25, 0.3) is 0 Å². The average molecular weight is 162 g/mol. The van der Waals surface area contributed by atoms with Crippen LogP contribution >= 0.6 is 0 Å². The van der Waals surface area contributed by atoms with Gasteiger partial charge in [-0.05, 0) is 0 Å². The van der Waals surface area contributed by atoms with Crippen LogP contribution < -0.4 is 0 Å². The third-order valence-corrected chi connectivity index (χ3v) is 6.86. The Morgan fingerprint density at radius 3 is 1.22 bits per heavy atom. The molecule has 0 nitrogen and oxygen atoms in total. The molecule has 0 bridgehead atoms. The van der Waals surface area contributed by atoms with E-state index >= 15 is 0 Å². The molecule has 9 heavy (non-hydrogen) atoms. The van der Waals surface area contributed by atoms with E-state index in [2.05, 4.69) is 26.9 Å². The van der Waals surface area contributed by atoms with Gasteiger partial charge in [-0.1, -0.05) is 45.5 Å². The van der Waals surface area contributed by atoms with Crippen molar-refractivity contribution < 1.29 is 0 Å². The molecule has 0 atom stereocenters. The summed E-state index contributed by atoms with van der Waals surface area (Å²) in [6, 6.07) is 0. The maximum Gasteiger partial charge on any atom is 0.0135 e. The fourth-order valence-electron chi connectivity index (χ4n) is 0.354. The fraction of sp³-hybridized carbons (Fsp3) is 1.00. The molecule has 0 amide bonds. The Balaban J connectivity index is 0. The first kappa shape index (κ1) is 12.1. The van der Waals surface area contributed by atoms with Crippen LogP contribution in [0.15, 0.2) is 0 Å². The molecule has 2 heteroatoms. The van der Waals surface area contributed by atoms with Crippen LogP contribution in [0.5, 0.6) is 0 Å². The van der Waals surface area contributed by atoms with Crippen LogP contribution in [-0.2, 0) is 0 Å². The quantitative estimate of drug-likeness (QED) is 0.553. The van der Waals surface area contributed by atoms with E-state index in [1.807, 2.05) is 0 Å². The van der Waals surface area contributed by atoms with E-state index in [4.69, 9.17) is 0 Å². The van der Waals surface area contributed by atoms with Gasteiger partial charge < -0.3 is 0 Å². The van der Waals surface area contributed by atoms with Crippen molar-refractivity contribution in [3.05, 3.63) is 0 Å². The summed E-state index contributed by atoms with van der Waals surface area (Å²) in [6.45, 7) is 9.13. The molecule has 58 valence electrons. The summed E-state index contributed by atoms with van der Waals surface area (Å²) in [5, 5.41) is 0. The van der Waals surface area contributed by atoms with Crippen molar-refractivity contribution in [2.75, 3.05) is 0 Å².